The fraction of sp³-hybridized carbons (Fsp3) is 0.600. The second-order valence-electron chi connectivity index (χ2n) is 4.75. The Labute approximate surface area is 118 Å². The van der Waals surface area contributed by atoms with E-state index in [9.17, 15) is 14.2 Å². The minimum atomic E-state index is -4.93. The molecule has 4 atom stereocenters. The van der Waals surface area contributed by atoms with Crippen molar-refractivity contribution in [2.24, 2.45) is 0 Å². The number of carboxylic acid groups (broad SMARTS) is 2. The molecule has 11 heteroatoms. The van der Waals surface area contributed by atoms with Crippen LogP contribution in [-0.2, 0) is 28.2 Å². The Morgan fingerprint density at radius 2 is 2.00 bits per heavy atom. The largest absolute Gasteiger partial charge is 0.478 e. The van der Waals surface area contributed by atoms with Gasteiger partial charge >= 0.3 is 19.8 Å². The van der Waals surface area contributed by atoms with Gasteiger partial charge in [-0.25, -0.2) is 14.2 Å². The molecule has 0 aromatic heterocycles. The Bertz CT molecular complexity index is 550. The number of ether oxygens (including phenoxy) is 2. The normalized spacial score (nSPS) is 36.0. The summed E-state index contributed by atoms with van der Waals surface area (Å²) < 4.78 is 25.8. The van der Waals surface area contributed by atoms with E-state index in [1.165, 1.54) is 0 Å². The highest BCUT2D eigenvalue weighted by Crippen LogP contribution is 2.45. The van der Waals surface area contributed by atoms with Crippen molar-refractivity contribution >= 4 is 19.8 Å². The van der Waals surface area contributed by atoms with E-state index in [1.54, 1.807) is 0 Å². The van der Waals surface area contributed by atoms with E-state index in [1.807, 2.05) is 0 Å². The Kier molecular flexibility index (Phi) is 3.96. The van der Waals surface area contributed by atoms with Gasteiger partial charge in [-0.3, -0.25) is 4.52 Å². The molecule has 1 fully saturated rings. The first-order valence-electron chi connectivity index (χ1n) is 5.79. The molecule has 2 rings (SSSR count). The molecule has 1 heterocycles. The lowest BCUT2D eigenvalue weighted by Crippen LogP contribution is -2.40. The first-order chi connectivity index (χ1) is 9.52. The van der Waals surface area contributed by atoms with Gasteiger partial charge in [0.2, 0.25) is 0 Å². The number of phosphoric ester groups is 1. The minimum absolute atomic E-state index is 0.163. The van der Waals surface area contributed by atoms with Gasteiger partial charge in [-0.1, -0.05) is 0 Å². The summed E-state index contributed by atoms with van der Waals surface area (Å²) >= 11 is 0. The van der Waals surface area contributed by atoms with Crippen LogP contribution in [0.25, 0.3) is 0 Å². The molecule has 0 aromatic carbocycles. The van der Waals surface area contributed by atoms with Crippen LogP contribution in [0.4, 0.5) is 0 Å². The van der Waals surface area contributed by atoms with Crippen molar-refractivity contribution in [2.75, 3.05) is 0 Å². The number of carboxylic acids is 2. The Balaban J connectivity index is 2.31. The lowest BCUT2D eigenvalue weighted by molar-refractivity contribution is -0.203. The monoisotopic (exact) mass is 324 g/mol. The van der Waals surface area contributed by atoms with Crippen LogP contribution in [0.15, 0.2) is 11.6 Å². The van der Waals surface area contributed by atoms with Crippen molar-refractivity contribution in [3.8, 4) is 0 Å². The molecule has 10 nitrogen and oxygen atoms in total. The highest BCUT2D eigenvalue weighted by Gasteiger charge is 2.55. The molecule has 0 radical (unpaired) electrons. The van der Waals surface area contributed by atoms with E-state index >= 15 is 0 Å². The van der Waals surface area contributed by atoms with Gasteiger partial charge in [0.05, 0.1) is 6.10 Å². The number of aliphatic carboxylic acids is 2. The van der Waals surface area contributed by atoms with Crippen molar-refractivity contribution in [3.05, 3.63) is 11.6 Å². The van der Waals surface area contributed by atoms with Crippen molar-refractivity contribution in [1.29, 1.82) is 0 Å². The van der Waals surface area contributed by atoms with Crippen molar-refractivity contribution in [1.82, 2.24) is 0 Å². The maximum atomic E-state index is 11.1. The van der Waals surface area contributed by atoms with Crippen LogP contribution in [0.2, 0.25) is 0 Å². The second-order valence-corrected chi connectivity index (χ2v) is 5.94. The molecule has 1 aliphatic carbocycles. The van der Waals surface area contributed by atoms with Gasteiger partial charge in [0.1, 0.15) is 12.2 Å². The number of hydrogen-bond donors (Lipinski definition) is 4. The maximum Gasteiger partial charge on any atom is 0.470 e. The van der Waals surface area contributed by atoms with Crippen LogP contribution in [0.1, 0.15) is 13.3 Å². The van der Waals surface area contributed by atoms with Crippen LogP contribution >= 0.6 is 7.82 Å². The highest BCUT2D eigenvalue weighted by atomic mass is 31.2. The molecule has 0 amide bonds. The van der Waals surface area contributed by atoms with E-state index < -0.39 is 43.9 Å². The number of fused-ring (bicyclic) bond motifs is 1. The average Bonchev–Trinajstić information content (AvgIpc) is 2.65. The van der Waals surface area contributed by atoms with Gasteiger partial charge in [-0.2, -0.15) is 0 Å². The molecule has 2 aliphatic rings. The van der Waals surface area contributed by atoms with E-state index in [0.29, 0.717) is 0 Å². The van der Waals surface area contributed by atoms with Crippen molar-refractivity contribution in [2.45, 2.75) is 37.4 Å². The van der Waals surface area contributed by atoms with Crippen LogP contribution in [-0.4, -0.2) is 56.0 Å². The van der Waals surface area contributed by atoms with E-state index in [0.717, 1.165) is 13.0 Å². The average molecular weight is 324 g/mol. The molecular formula is C10H13O10P. The number of rotatable bonds is 4. The molecule has 1 saturated heterocycles. The SMILES string of the molecule is C[C@@]1(C(=O)O)O[C@@H]2[C@H](OP(=O)(O)O)C=C(C(=O)O)C[C@H]2O1. The molecule has 0 unspecified atom stereocenters. The molecular weight excluding hydrogens is 311 g/mol. The zero-order valence-electron chi connectivity index (χ0n) is 10.7. The summed E-state index contributed by atoms with van der Waals surface area (Å²) in [4.78, 5) is 39.8. The van der Waals surface area contributed by atoms with Gasteiger partial charge in [0.25, 0.3) is 5.79 Å². The van der Waals surface area contributed by atoms with Gasteiger partial charge < -0.3 is 29.5 Å². The van der Waals surface area contributed by atoms with Crippen LogP contribution in [0.3, 0.4) is 0 Å². The minimum Gasteiger partial charge on any atom is -0.478 e. The number of carbonyl (C=O) groups is 2. The number of phosphoric acid groups is 1. The van der Waals surface area contributed by atoms with Gasteiger partial charge in [-0.15, -0.1) is 0 Å². The molecule has 0 aromatic rings. The third kappa shape index (κ3) is 3.31. The quantitative estimate of drug-likeness (QED) is 0.494. The lowest BCUT2D eigenvalue weighted by Gasteiger charge is -2.28. The fourth-order valence-corrected chi connectivity index (χ4v) is 2.74. The lowest BCUT2D eigenvalue weighted by atomic mass is 9.92. The fourth-order valence-electron chi connectivity index (χ4n) is 2.24. The second kappa shape index (κ2) is 5.16. The molecule has 0 spiro atoms. The van der Waals surface area contributed by atoms with E-state index in [4.69, 9.17) is 29.5 Å². The summed E-state index contributed by atoms with van der Waals surface area (Å²) in [5.41, 5.74) is -0.201. The molecule has 118 valence electrons. The summed E-state index contributed by atoms with van der Waals surface area (Å²) in [5, 5.41) is 18.0. The predicted molar refractivity (Wildman–Crippen MR) is 63.0 cm³/mol. The zero-order valence-corrected chi connectivity index (χ0v) is 11.6. The Morgan fingerprint density at radius 3 is 2.48 bits per heavy atom. The van der Waals surface area contributed by atoms with Gasteiger partial charge in [0, 0.05) is 18.9 Å². The number of hydrogen-bond acceptors (Lipinski definition) is 6. The van der Waals surface area contributed by atoms with E-state index in [-0.39, 0.29) is 12.0 Å². The summed E-state index contributed by atoms with van der Waals surface area (Å²) in [6, 6.07) is 0. The smallest absolute Gasteiger partial charge is 0.470 e. The predicted octanol–water partition coefficient (Wildman–Crippen LogP) is -0.536. The standard InChI is InChI=1S/C10H13O10P/c1-10(9(13)14)18-5-2-4(8(11)12)3-6(7(5)19-10)20-21(15,16)17/h3,5-7H,2H2,1H3,(H,11,12)(H,13,14)(H2,15,16,17)/t5-,6-,7+,10+/m1/s1. The van der Waals surface area contributed by atoms with Crippen LogP contribution < -0.4 is 0 Å². The topological polar surface area (TPSA) is 160 Å². The summed E-state index contributed by atoms with van der Waals surface area (Å²) in [6.45, 7) is 1.11. The maximum absolute atomic E-state index is 11.1. The van der Waals surface area contributed by atoms with Crippen molar-refractivity contribution in [3.63, 3.8) is 0 Å². The molecule has 4 N–H and O–H groups in total. The van der Waals surface area contributed by atoms with Gasteiger partial charge in [-0.05, 0) is 6.08 Å². The first kappa shape index (κ1) is 16.1. The van der Waals surface area contributed by atoms with Crippen molar-refractivity contribution < 1.29 is 48.2 Å². The summed E-state index contributed by atoms with van der Waals surface area (Å²) in [5.74, 6) is -4.79. The molecule has 0 saturated carbocycles. The molecule has 0 bridgehead atoms. The summed E-state index contributed by atoms with van der Waals surface area (Å²) in [7, 11) is -4.93. The van der Waals surface area contributed by atoms with Crippen LogP contribution in [0, 0.1) is 0 Å². The zero-order chi connectivity index (χ0) is 16.0. The Morgan fingerprint density at radius 1 is 1.38 bits per heavy atom. The molecule has 1 aliphatic heterocycles. The Hall–Kier alpha value is -1.29. The third-order valence-electron chi connectivity index (χ3n) is 3.14. The van der Waals surface area contributed by atoms with Crippen LogP contribution in [0.5, 0.6) is 0 Å². The summed E-state index contributed by atoms with van der Waals surface area (Å²) in [6.07, 6.45) is -2.75. The van der Waals surface area contributed by atoms with Gasteiger partial charge in [0.15, 0.2) is 0 Å². The third-order valence-corrected chi connectivity index (χ3v) is 3.65. The first-order valence-corrected chi connectivity index (χ1v) is 7.32. The highest BCUT2D eigenvalue weighted by molar-refractivity contribution is 7.46. The van der Waals surface area contributed by atoms with E-state index in [2.05, 4.69) is 4.52 Å². The molecule has 21 heavy (non-hydrogen) atoms.